The van der Waals surface area contributed by atoms with Crippen molar-refractivity contribution in [3.05, 3.63) is 24.5 Å². The van der Waals surface area contributed by atoms with Crippen LogP contribution in [0.5, 0.6) is 0 Å². The van der Waals surface area contributed by atoms with E-state index in [0.717, 1.165) is 10.9 Å². The topological polar surface area (TPSA) is 77.8 Å². The van der Waals surface area contributed by atoms with Crippen LogP contribution in [0.3, 0.4) is 0 Å². The van der Waals surface area contributed by atoms with Gasteiger partial charge in [-0.05, 0) is 12.1 Å². The average Bonchev–Trinajstić information content (AvgIpc) is 2.07. The highest BCUT2D eigenvalue weighted by molar-refractivity contribution is 5.90. The smallest absolute Gasteiger partial charge is 0.124 e. The highest BCUT2D eigenvalue weighted by Gasteiger charge is 1.98. The van der Waals surface area contributed by atoms with Crippen molar-refractivity contribution in [2.24, 2.45) is 0 Å². The van der Waals surface area contributed by atoms with E-state index in [1.807, 2.05) is 0 Å². The first-order valence-corrected chi connectivity index (χ1v) is 3.53. The van der Waals surface area contributed by atoms with E-state index in [-0.39, 0.29) is 0 Å². The number of anilines is 2. The SMILES string of the molecule is Nc1cc2c(N)ccnc2cn1. The van der Waals surface area contributed by atoms with Gasteiger partial charge in [-0.2, -0.15) is 0 Å². The maximum atomic E-state index is 5.70. The number of pyridine rings is 2. The molecule has 2 rings (SSSR count). The van der Waals surface area contributed by atoms with Crippen molar-refractivity contribution >= 4 is 22.4 Å². The number of fused-ring (bicyclic) bond motifs is 1. The maximum absolute atomic E-state index is 5.70. The molecule has 4 N–H and O–H groups in total. The molecule has 0 radical (unpaired) electrons. The van der Waals surface area contributed by atoms with Gasteiger partial charge in [-0.25, -0.2) is 4.98 Å². The van der Waals surface area contributed by atoms with Crippen molar-refractivity contribution in [2.45, 2.75) is 0 Å². The molecule has 0 aliphatic carbocycles. The van der Waals surface area contributed by atoms with Gasteiger partial charge >= 0.3 is 0 Å². The number of hydrogen-bond acceptors (Lipinski definition) is 4. The summed E-state index contributed by atoms with van der Waals surface area (Å²) in [5.74, 6) is 0.460. The molecule has 0 aliphatic rings. The minimum absolute atomic E-state index is 0.460. The molecular weight excluding hydrogens is 152 g/mol. The van der Waals surface area contributed by atoms with Crippen LogP contribution < -0.4 is 11.5 Å². The third kappa shape index (κ3) is 0.934. The van der Waals surface area contributed by atoms with Gasteiger partial charge in [0.25, 0.3) is 0 Å². The normalized spacial score (nSPS) is 10.3. The van der Waals surface area contributed by atoms with Crippen LogP contribution in [0.4, 0.5) is 11.5 Å². The van der Waals surface area contributed by atoms with Crippen molar-refractivity contribution < 1.29 is 0 Å². The number of aromatic nitrogens is 2. The minimum atomic E-state index is 0.460. The first-order chi connectivity index (χ1) is 5.77. The fourth-order valence-corrected chi connectivity index (χ4v) is 1.09. The second-order valence-electron chi connectivity index (χ2n) is 2.53. The third-order valence-electron chi connectivity index (χ3n) is 1.68. The number of hydrogen-bond donors (Lipinski definition) is 2. The Morgan fingerprint density at radius 3 is 2.83 bits per heavy atom. The van der Waals surface area contributed by atoms with Crippen LogP contribution in [0.25, 0.3) is 10.9 Å². The van der Waals surface area contributed by atoms with E-state index in [4.69, 9.17) is 11.5 Å². The Morgan fingerprint density at radius 2 is 2.00 bits per heavy atom. The Hall–Kier alpha value is -1.84. The Labute approximate surface area is 69.2 Å². The monoisotopic (exact) mass is 160 g/mol. The van der Waals surface area contributed by atoms with Gasteiger partial charge in [0.05, 0.1) is 11.7 Å². The second-order valence-corrected chi connectivity index (χ2v) is 2.53. The molecule has 0 unspecified atom stereocenters. The maximum Gasteiger partial charge on any atom is 0.124 e. The summed E-state index contributed by atoms with van der Waals surface area (Å²) in [6, 6.07) is 3.46. The number of nitrogen functional groups attached to an aromatic ring is 2. The summed E-state index contributed by atoms with van der Waals surface area (Å²) in [7, 11) is 0. The van der Waals surface area contributed by atoms with Crippen LogP contribution in [0.1, 0.15) is 0 Å². The molecule has 0 spiro atoms. The lowest BCUT2D eigenvalue weighted by Gasteiger charge is -2.00. The molecule has 2 aromatic heterocycles. The fraction of sp³-hybridized carbons (Fsp3) is 0. The predicted octanol–water partition coefficient (Wildman–Crippen LogP) is 0.794. The molecule has 0 fully saturated rings. The number of rotatable bonds is 0. The summed E-state index contributed by atoms with van der Waals surface area (Å²) in [5.41, 5.74) is 12.6. The Kier molecular flexibility index (Phi) is 1.33. The molecule has 0 amide bonds. The van der Waals surface area contributed by atoms with Gasteiger partial charge in [-0.15, -0.1) is 0 Å². The van der Waals surface area contributed by atoms with Crippen LogP contribution in [0.2, 0.25) is 0 Å². The van der Waals surface area contributed by atoms with Crippen molar-refractivity contribution in [1.82, 2.24) is 9.97 Å². The third-order valence-corrected chi connectivity index (χ3v) is 1.68. The summed E-state index contributed by atoms with van der Waals surface area (Å²) in [4.78, 5) is 7.99. The molecule has 0 saturated carbocycles. The molecule has 60 valence electrons. The average molecular weight is 160 g/mol. The minimum Gasteiger partial charge on any atom is -0.398 e. The van der Waals surface area contributed by atoms with E-state index >= 15 is 0 Å². The lowest BCUT2D eigenvalue weighted by Crippen LogP contribution is -1.93. The summed E-state index contributed by atoms with van der Waals surface area (Å²) in [6.45, 7) is 0. The molecule has 12 heavy (non-hydrogen) atoms. The van der Waals surface area contributed by atoms with E-state index in [9.17, 15) is 0 Å². The summed E-state index contributed by atoms with van der Waals surface area (Å²) < 4.78 is 0. The number of nitrogens with two attached hydrogens (primary N) is 2. The highest BCUT2D eigenvalue weighted by Crippen LogP contribution is 2.18. The largest absolute Gasteiger partial charge is 0.398 e. The molecule has 0 saturated heterocycles. The lowest BCUT2D eigenvalue weighted by molar-refractivity contribution is 1.32. The summed E-state index contributed by atoms with van der Waals surface area (Å²) in [6.07, 6.45) is 3.26. The molecule has 4 heteroatoms. The van der Waals surface area contributed by atoms with Gasteiger partial charge in [0.1, 0.15) is 5.82 Å². The summed E-state index contributed by atoms with van der Waals surface area (Å²) >= 11 is 0. The molecule has 2 aromatic rings. The molecule has 2 heterocycles. The number of nitrogens with zero attached hydrogens (tertiary/aromatic N) is 2. The Bertz CT molecular complexity index is 424. The fourth-order valence-electron chi connectivity index (χ4n) is 1.09. The standard InChI is InChI=1S/C8H8N4/c9-6-1-2-11-7-4-12-8(10)3-5(6)7/h1-4H,(H2,9,11)(H2,10,12). The van der Waals surface area contributed by atoms with Gasteiger partial charge in [-0.1, -0.05) is 0 Å². The van der Waals surface area contributed by atoms with Crippen LogP contribution in [0, 0.1) is 0 Å². The molecule has 0 aromatic carbocycles. The predicted molar refractivity (Wildman–Crippen MR) is 48.4 cm³/mol. The van der Waals surface area contributed by atoms with Crippen LogP contribution >= 0.6 is 0 Å². The molecular formula is C8H8N4. The Balaban J connectivity index is 2.88. The molecule has 0 aliphatic heterocycles. The van der Waals surface area contributed by atoms with Gasteiger partial charge in [-0.3, -0.25) is 4.98 Å². The van der Waals surface area contributed by atoms with E-state index < -0.39 is 0 Å². The molecule has 4 nitrogen and oxygen atoms in total. The zero-order valence-electron chi connectivity index (χ0n) is 6.36. The van der Waals surface area contributed by atoms with Crippen molar-refractivity contribution in [3.8, 4) is 0 Å². The van der Waals surface area contributed by atoms with Crippen LogP contribution in [0.15, 0.2) is 24.5 Å². The Morgan fingerprint density at radius 1 is 1.17 bits per heavy atom. The molecule has 0 bridgehead atoms. The van der Waals surface area contributed by atoms with E-state index in [0.29, 0.717) is 11.5 Å². The first kappa shape index (κ1) is 6.84. The quantitative estimate of drug-likeness (QED) is 0.597. The molecule has 0 atom stereocenters. The van der Waals surface area contributed by atoms with E-state index in [1.165, 1.54) is 0 Å². The van der Waals surface area contributed by atoms with Gasteiger partial charge in [0.2, 0.25) is 0 Å². The van der Waals surface area contributed by atoms with Crippen molar-refractivity contribution in [1.29, 1.82) is 0 Å². The van der Waals surface area contributed by atoms with Crippen molar-refractivity contribution in [3.63, 3.8) is 0 Å². The van der Waals surface area contributed by atoms with Gasteiger partial charge in [0.15, 0.2) is 0 Å². The van der Waals surface area contributed by atoms with Gasteiger partial charge < -0.3 is 11.5 Å². The zero-order valence-corrected chi connectivity index (χ0v) is 6.36. The second kappa shape index (κ2) is 2.34. The van der Waals surface area contributed by atoms with E-state index in [2.05, 4.69) is 9.97 Å². The first-order valence-electron chi connectivity index (χ1n) is 3.53. The summed E-state index contributed by atoms with van der Waals surface area (Å²) in [5, 5.41) is 0.852. The van der Waals surface area contributed by atoms with Crippen LogP contribution in [-0.4, -0.2) is 9.97 Å². The van der Waals surface area contributed by atoms with E-state index in [1.54, 1.807) is 24.5 Å². The van der Waals surface area contributed by atoms with Gasteiger partial charge in [0, 0.05) is 17.3 Å². The zero-order chi connectivity index (χ0) is 8.55. The van der Waals surface area contributed by atoms with Crippen molar-refractivity contribution in [2.75, 3.05) is 11.5 Å². The highest BCUT2D eigenvalue weighted by atomic mass is 14.8. The lowest BCUT2D eigenvalue weighted by atomic mass is 10.2. The van der Waals surface area contributed by atoms with Crippen LogP contribution in [-0.2, 0) is 0 Å².